The fourth-order valence-corrected chi connectivity index (χ4v) is 3.76. The average Bonchev–Trinajstić information content (AvgIpc) is 2.91. The fraction of sp³-hybridized carbons (Fsp3) is 0.0556. The Morgan fingerprint density at radius 3 is 2.75 bits per heavy atom. The van der Waals surface area contributed by atoms with E-state index >= 15 is 0 Å². The van der Waals surface area contributed by atoms with Crippen molar-refractivity contribution in [2.45, 2.75) is 0 Å². The molecular formula is C18H12BrN3O5S. The molecule has 0 saturated carbocycles. The van der Waals surface area contributed by atoms with Gasteiger partial charge in [-0.15, -0.1) is 0 Å². The standard InChI is InChI=1S/C18H12BrN3O5S/c1-21-16(23)15(8-10-5-6-13(19)14(7-10)22(26)27)28-18(21)20-12-4-2-3-11(9-12)17(24)25/h2-9H,1H3,(H,24,25)/b15-8+,20-18?. The molecule has 0 aliphatic carbocycles. The van der Waals surface area contributed by atoms with Crippen LogP contribution >= 0.6 is 27.7 Å². The van der Waals surface area contributed by atoms with Gasteiger partial charge in [0, 0.05) is 13.1 Å². The second-order valence-corrected chi connectivity index (χ2v) is 7.56. The number of carboxylic acid groups (broad SMARTS) is 1. The van der Waals surface area contributed by atoms with Gasteiger partial charge >= 0.3 is 5.97 Å². The smallest absolute Gasteiger partial charge is 0.335 e. The lowest BCUT2D eigenvalue weighted by Gasteiger charge is -2.07. The van der Waals surface area contributed by atoms with Crippen molar-refractivity contribution in [3.63, 3.8) is 0 Å². The number of nitrogens with zero attached hydrogens (tertiary/aromatic N) is 3. The summed E-state index contributed by atoms with van der Waals surface area (Å²) >= 11 is 4.23. The van der Waals surface area contributed by atoms with E-state index in [0.717, 1.165) is 11.8 Å². The summed E-state index contributed by atoms with van der Waals surface area (Å²) in [4.78, 5) is 40.2. The van der Waals surface area contributed by atoms with Gasteiger partial charge in [0.2, 0.25) is 0 Å². The Bertz CT molecular complexity index is 1070. The molecule has 2 aromatic rings. The van der Waals surface area contributed by atoms with Crippen LogP contribution in [0.4, 0.5) is 11.4 Å². The average molecular weight is 462 g/mol. The van der Waals surface area contributed by atoms with Crippen LogP contribution in [0.5, 0.6) is 0 Å². The number of carbonyl (C=O) groups is 2. The lowest BCUT2D eigenvalue weighted by Crippen LogP contribution is -2.23. The van der Waals surface area contributed by atoms with Gasteiger partial charge in [-0.25, -0.2) is 9.79 Å². The third-order valence-electron chi connectivity index (χ3n) is 3.79. The van der Waals surface area contributed by atoms with Crippen molar-refractivity contribution in [3.8, 4) is 0 Å². The van der Waals surface area contributed by atoms with E-state index in [4.69, 9.17) is 5.11 Å². The minimum atomic E-state index is -1.07. The Morgan fingerprint density at radius 1 is 1.32 bits per heavy atom. The molecule has 0 unspecified atom stereocenters. The third-order valence-corrected chi connectivity index (χ3v) is 5.52. The number of amidine groups is 1. The number of hydrogen-bond acceptors (Lipinski definition) is 6. The second kappa shape index (κ2) is 7.95. The summed E-state index contributed by atoms with van der Waals surface area (Å²) in [5, 5.41) is 20.5. The molecule has 10 heteroatoms. The lowest BCUT2D eigenvalue weighted by atomic mass is 10.2. The molecule has 1 aliphatic heterocycles. The van der Waals surface area contributed by atoms with Gasteiger partial charge in [-0.3, -0.25) is 19.8 Å². The van der Waals surface area contributed by atoms with Gasteiger partial charge in [0.1, 0.15) is 0 Å². The Kier molecular flexibility index (Phi) is 5.61. The Morgan fingerprint density at radius 2 is 2.07 bits per heavy atom. The van der Waals surface area contributed by atoms with E-state index in [1.165, 1.54) is 23.1 Å². The lowest BCUT2D eigenvalue weighted by molar-refractivity contribution is -0.385. The number of thioether (sulfide) groups is 1. The maximum atomic E-state index is 12.5. The van der Waals surface area contributed by atoms with Crippen LogP contribution in [-0.4, -0.2) is 39.0 Å². The summed E-state index contributed by atoms with van der Waals surface area (Å²) in [5.41, 5.74) is 0.908. The van der Waals surface area contributed by atoms with Gasteiger partial charge < -0.3 is 5.11 Å². The Hall–Kier alpha value is -2.98. The summed E-state index contributed by atoms with van der Waals surface area (Å²) < 4.78 is 0.350. The molecular weight excluding hydrogens is 450 g/mol. The van der Waals surface area contributed by atoms with Crippen molar-refractivity contribution in [1.29, 1.82) is 0 Å². The first-order valence-electron chi connectivity index (χ1n) is 7.80. The summed E-state index contributed by atoms with van der Waals surface area (Å²) in [5.74, 6) is -1.37. The van der Waals surface area contributed by atoms with E-state index in [9.17, 15) is 19.7 Å². The highest BCUT2D eigenvalue weighted by molar-refractivity contribution is 9.10. The number of nitro benzene ring substituents is 1. The number of likely N-dealkylation sites (N-methyl/N-ethyl adjacent to an activating group) is 1. The van der Waals surface area contributed by atoms with Crippen LogP contribution in [0.1, 0.15) is 15.9 Å². The van der Waals surface area contributed by atoms with E-state index in [-0.39, 0.29) is 17.2 Å². The summed E-state index contributed by atoms with van der Waals surface area (Å²) in [7, 11) is 1.56. The topological polar surface area (TPSA) is 113 Å². The zero-order valence-electron chi connectivity index (χ0n) is 14.3. The Labute approximate surface area is 171 Å². The molecule has 0 radical (unpaired) electrons. The summed E-state index contributed by atoms with van der Waals surface area (Å²) in [6.45, 7) is 0. The number of amides is 1. The Balaban J connectivity index is 1.92. The molecule has 0 bridgehead atoms. The van der Waals surface area contributed by atoms with Gasteiger partial charge in [-0.05, 0) is 63.6 Å². The number of benzene rings is 2. The molecule has 3 rings (SSSR count). The quantitative estimate of drug-likeness (QED) is 0.412. The zero-order valence-corrected chi connectivity index (χ0v) is 16.7. The number of hydrogen-bond donors (Lipinski definition) is 1. The van der Waals surface area contributed by atoms with Crippen LogP contribution in [0.15, 0.2) is 56.8 Å². The normalized spacial score (nSPS) is 16.8. The molecule has 142 valence electrons. The van der Waals surface area contributed by atoms with Crippen LogP contribution in [-0.2, 0) is 4.79 Å². The summed E-state index contributed by atoms with van der Waals surface area (Å²) in [6.07, 6.45) is 1.55. The van der Waals surface area contributed by atoms with Gasteiger partial charge in [0.25, 0.3) is 11.6 Å². The van der Waals surface area contributed by atoms with Crippen molar-refractivity contribution < 1.29 is 19.6 Å². The minimum Gasteiger partial charge on any atom is -0.478 e. The van der Waals surface area contributed by atoms with E-state index in [1.54, 1.807) is 37.4 Å². The molecule has 1 aliphatic rings. The molecule has 28 heavy (non-hydrogen) atoms. The molecule has 1 heterocycles. The molecule has 0 aromatic heterocycles. The molecule has 1 amide bonds. The number of aliphatic imine (C=N–C) groups is 1. The van der Waals surface area contributed by atoms with Gasteiger partial charge in [-0.1, -0.05) is 12.1 Å². The first kappa shape index (κ1) is 19.8. The highest BCUT2D eigenvalue weighted by Gasteiger charge is 2.30. The van der Waals surface area contributed by atoms with Crippen LogP contribution in [0.25, 0.3) is 6.08 Å². The first-order valence-corrected chi connectivity index (χ1v) is 9.41. The molecule has 0 spiro atoms. The van der Waals surface area contributed by atoms with Crippen molar-refractivity contribution in [2.75, 3.05) is 7.05 Å². The monoisotopic (exact) mass is 461 g/mol. The zero-order chi connectivity index (χ0) is 20.4. The van der Waals surface area contributed by atoms with Gasteiger partial charge in [-0.2, -0.15) is 0 Å². The minimum absolute atomic E-state index is 0.0942. The van der Waals surface area contributed by atoms with Crippen molar-refractivity contribution in [1.82, 2.24) is 4.90 Å². The first-order chi connectivity index (χ1) is 13.3. The molecule has 8 nitrogen and oxygen atoms in total. The van der Waals surface area contributed by atoms with E-state index in [0.29, 0.717) is 25.8 Å². The van der Waals surface area contributed by atoms with Crippen LogP contribution < -0.4 is 0 Å². The fourth-order valence-electron chi connectivity index (χ4n) is 2.38. The predicted molar refractivity (Wildman–Crippen MR) is 110 cm³/mol. The number of halogens is 1. The number of carbonyl (C=O) groups excluding carboxylic acids is 1. The largest absolute Gasteiger partial charge is 0.478 e. The van der Waals surface area contributed by atoms with Crippen molar-refractivity contribution >= 4 is 62.2 Å². The predicted octanol–water partition coefficient (Wildman–Crippen LogP) is 4.29. The third kappa shape index (κ3) is 4.12. The van der Waals surface area contributed by atoms with Crippen LogP contribution in [0.3, 0.4) is 0 Å². The van der Waals surface area contributed by atoms with Crippen LogP contribution in [0, 0.1) is 10.1 Å². The molecule has 1 N–H and O–H groups in total. The number of rotatable bonds is 4. The number of carboxylic acids is 1. The summed E-state index contributed by atoms with van der Waals surface area (Å²) in [6, 6.07) is 10.6. The molecule has 1 fully saturated rings. The highest BCUT2D eigenvalue weighted by atomic mass is 79.9. The van der Waals surface area contributed by atoms with E-state index in [1.807, 2.05) is 0 Å². The molecule has 1 saturated heterocycles. The maximum absolute atomic E-state index is 12.5. The van der Waals surface area contributed by atoms with Crippen molar-refractivity contribution in [3.05, 3.63) is 73.1 Å². The van der Waals surface area contributed by atoms with Gasteiger partial charge in [0.05, 0.1) is 25.6 Å². The van der Waals surface area contributed by atoms with E-state index < -0.39 is 10.9 Å². The maximum Gasteiger partial charge on any atom is 0.335 e. The van der Waals surface area contributed by atoms with Gasteiger partial charge in [0.15, 0.2) is 5.17 Å². The number of nitro groups is 1. The van der Waals surface area contributed by atoms with Crippen LogP contribution in [0.2, 0.25) is 0 Å². The second-order valence-electron chi connectivity index (χ2n) is 5.69. The van der Waals surface area contributed by atoms with Crippen molar-refractivity contribution in [2.24, 2.45) is 4.99 Å². The SMILES string of the molecule is CN1C(=O)/C(=C\c2ccc(Br)c([N+](=O)[O-])c2)SC1=Nc1cccc(C(=O)O)c1. The molecule has 2 aromatic carbocycles. The molecule has 0 atom stereocenters. The van der Waals surface area contributed by atoms with E-state index in [2.05, 4.69) is 20.9 Å². The highest BCUT2D eigenvalue weighted by Crippen LogP contribution is 2.34. The number of aromatic carboxylic acids is 1.